The smallest absolute Gasteiger partial charge is 0.139 e. The van der Waals surface area contributed by atoms with Gasteiger partial charge in [-0.15, -0.1) is 0 Å². The fraction of sp³-hybridized carbons (Fsp3) is 0. The second-order valence-electron chi connectivity index (χ2n) is 5.49. The van der Waals surface area contributed by atoms with Crippen molar-refractivity contribution in [3.05, 3.63) is 84.3 Å². The summed E-state index contributed by atoms with van der Waals surface area (Å²) in [6, 6.07) is 21.7. The van der Waals surface area contributed by atoms with Crippen LogP contribution in [0.1, 0.15) is 11.4 Å². The van der Waals surface area contributed by atoms with E-state index in [9.17, 15) is 0 Å². The van der Waals surface area contributed by atoms with E-state index in [1.165, 1.54) is 0 Å². The second-order valence-corrected chi connectivity index (χ2v) is 5.49. The minimum absolute atomic E-state index is 0. The maximum absolute atomic E-state index is 5.90. The Morgan fingerprint density at radius 3 is 2.44 bits per heavy atom. The Labute approximate surface area is 156 Å². The van der Waals surface area contributed by atoms with Gasteiger partial charge in [-0.3, -0.25) is 4.57 Å². The van der Waals surface area contributed by atoms with E-state index in [4.69, 9.17) is 10.7 Å². The molecule has 0 atom stereocenters. The molecule has 2 aromatic heterocycles. The van der Waals surface area contributed by atoms with E-state index < -0.39 is 0 Å². The number of anilines is 1. The van der Waals surface area contributed by atoms with Gasteiger partial charge >= 0.3 is 0 Å². The van der Waals surface area contributed by atoms with Gasteiger partial charge in [0.1, 0.15) is 11.6 Å². The van der Waals surface area contributed by atoms with Crippen molar-refractivity contribution in [3.8, 4) is 5.82 Å². The van der Waals surface area contributed by atoms with Gasteiger partial charge in [0.05, 0.1) is 11.0 Å². The van der Waals surface area contributed by atoms with Crippen LogP contribution in [-0.2, 0) is 17.1 Å². The van der Waals surface area contributed by atoms with E-state index in [1.54, 1.807) is 6.20 Å². The predicted octanol–water partition coefficient (Wildman–Crippen LogP) is 4.17. The van der Waals surface area contributed by atoms with Crippen LogP contribution in [0.25, 0.3) is 29.0 Å². The molecule has 4 aromatic rings. The van der Waals surface area contributed by atoms with Crippen molar-refractivity contribution >= 4 is 28.9 Å². The Hall–Kier alpha value is -2.88. The van der Waals surface area contributed by atoms with Gasteiger partial charge < -0.3 is 5.73 Å². The molecule has 0 saturated heterocycles. The summed E-state index contributed by atoms with van der Waals surface area (Å²) in [7, 11) is 0. The zero-order chi connectivity index (χ0) is 16.4. The van der Waals surface area contributed by atoms with Crippen LogP contribution < -0.4 is 5.73 Å². The summed E-state index contributed by atoms with van der Waals surface area (Å²) in [5.74, 6) is 1.65. The van der Waals surface area contributed by atoms with Crippen LogP contribution in [0.2, 0.25) is 0 Å². The molecule has 4 rings (SSSR count). The maximum atomic E-state index is 5.90. The summed E-state index contributed by atoms with van der Waals surface area (Å²) in [6.45, 7) is 0. The van der Waals surface area contributed by atoms with Crippen molar-refractivity contribution < 1.29 is 17.1 Å². The van der Waals surface area contributed by atoms with E-state index in [0.29, 0.717) is 5.69 Å². The third-order valence-corrected chi connectivity index (χ3v) is 3.81. The number of hydrogen-bond acceptors (Lipinski definition) is 3. The molecule has 0 aliphatic heterocycles. The number of aromatic nitrogens is 3. The number of fused-ring (bicyclic) bond motifs is 1. The zero-order valence-corrected chi connectivity index (χ0v) is 14.5. The first kappa shape index (κ1) is 17.0. The molecular weight excluding hydrogens is 352 g/mol. The van der Waals surface area contributed by atoms with Gasteiger partial charge in [0, 0.05) is 29.0 Å². The average molecular weight is 368 g/mol. The molecule has 124 valence electrons. The average Bonchev–Trinajstić information content (AvgIpc) is 2.99. The Kier molecular flexibility index (Phi) is 4.98. The summed E-state index contributed by atoms with van der Waals surface area (Å²) >= 11 is 0. The standard InChI is InChI=1S/C20H16N4.Fe/c21-16-10-11-18-17(14-16)23-20(12-9-15-6-2-1-3-7-15)24(18)19-8-4-5-13-22-19;/h1-14H,21H2;/b12-9+;. The number of nitrogen functional groups attached to an aromatic ring is 1. The van der Waals surface area contributed by atoms with Crippen molar-refractivity contribution in [2.45, 2.75) is 0 Å². The number of benzene rings is 2. The van der Waals surface area contributed by atoms with Crippen molar-refractivity contribution in [2.24, 2.45) is 0 Å². The SMILES string of the molecule is Nc1ccc2c(c1)nc(/C=C/c1ccccc1)n2-c1ccccn1.[Fe]. The Morgan fingerprint density at radius 2 is 1.68 bits per heavy atom. The van der Waals surface area contributed by atoms with E-state index in [0.717, 1.165) is 28.2 Å². The molecule has 2 aromatic carbocycles. The largest absolute Gasteiger partial charge is 0.399 e. The summed E-state index contributed by atoms with van der Waals surface area (Å²) in [5, 5.41) is 0. The molecule has 0 fully saturated rings. The molecule has 2 N–H and O–H groups in total. The number of rotatable bonds is 3. The van der Waals surface area contributed by atoms with Crippen molar-refractivity contribution in [1.29, 1.82) is 0 Å². The fourth-order valence-electron chi connectivity index (χ4n) is 2.69. The molecule has 2 heterocycles. The zero-order valence-electron chi connectivity index (χ0n) is 13.4. The van der Waals surface area contributed by atoms with Gasteiger partial charge in [-0.1, -0.05) is 42.5 Å². The number of pyridine rings is 1. The predicted molar refractivity (Wildman–Crippen MR) is 98.6 cm³/mol. The van der Waals surface area contributed by atoms with Crippen LogP contribution in [0.4, 0.5) is 5.69 Å². The van der Waals surface area contributed by atoms with Gasteiger partial charge in [0.2, 0.25) is 0 Å². The van der Waals surface area contributed by atoms with Crippen LogP contribution >= 0.6 is 0 Å². The minimum Gasteiger partial charge on any atom is -0.399 e. The van der Waals surface area contributed by atoms with E-state index in [2.05, 4.69) is 17.1 Å². The number of hydrogen-bond donors (Lipinski definition) is 1. The Balaban J connectivity index is 0.00000182. The van der Waals surface area contributed by atoms with Gasteiger partial charge in [-0.05, 0) is 42.0 Å². The van der Waals surface area contributed by atoms with Gasteiger partial charge in [0.25, 0.3) is 0 Å². The molecule has 0 amide bonds. The molecule has 0 aliphatic carbocycles. The number of imidazole rings is 1. The second kappa shape index (κ2) is 7.34. The van der Waals surface area contributed by atoms with Gasteiger partial charge in [0.15, 0.2) is 0 Å². The third kappa shape index (κ3) is 3.48. The Bertz CT molecular complexity index is 1010. The summed E-state index contributed by atoms with van der Waals surface area (Å²) in [4.78, 5) is 9.19. The summed E-state index contributed by atoms with van der Waals surface area (Å²) in [6.07, 6.45) is 5.83. The van der Waals surface area contributed by atoms with Crippen LogP contribution in [0.5, 0.6) is 0 Å². The van der Waals surface area contributed by atoms with Gasteiger partial charge in [-0.2, -0.15) is 0 Å². The first-order chi connectivity index (χ1) is 11.8. The molecule has 0 spiro atoms. The van der Waals surface area contributed by atoms with Crippen molar-refractivity contribution in [1.82, 2.24) is 14.5 Å². The monoisotopic (exact) mass is 368 g/mol. The molecule has 25 heavy (non-hydrogen) atoms. The minimum atomic E-state index is 0. The topological polar surface area (TPSA) is 56.7 Å². The summed E-state index contributed by atoms with van der Waals surface area (Å²) in [5.41, 5.74) is 9.56. The maximum Gasteiger partial charge on any atom is 0.139 e. The molecule has 0 saturated carbocycles. The van der Waals surface area contributed by atoms with Crippen LogP contribution in [0.15, 0.2) is 72.9 Å². The van der Waals surface area contributed by atoms with E-state index in [-0.39, 0.29) is 17.1 Å². The number of nitrogens with zero attached hydrogens (tertiary/aromatic N) is 3. The van der Waals surface area contributed by atoms with E-state index >= 15 is 0 Å². The molecular formula is C20H16FeN4. The Morgan fingerprint density at radius 1 is 0.880 bits per heavy atom. The van der Waals surface area contributed by atoms with Crippen molar-refractivity contribution in [3.63, 3.8) is 0 Å². The molecule has 0 aliphatic rings. The quantitative estimate of drug-likeness (QED) is 0.436. The van der Waals surface area contributed by atoms with Gasteiger partial charge in [-0.25, -0.2) is 9.97 Å². The van der Waals surface area contributed by atoms with E-state index in [1.807, 2.05) is 71.3 Å². The first-order valence-electron chi connectivity index (χ1n) is 7.74. The van der Waals surface area contributed by atoms with Crippen LogP contribution in [0, 0.1) is 0 Å². The first-order valence-corrected chi connectivity index (χ1v) is 7.74. The third-order valence-electron chi connectivity index (χ3n) is 3.81. The fourth-order valence-corrected chi connectivity index (χ4v) is 2.69. The summed E-state index contributed by atoms with van der Waals surface area (Å²) < 4.78 is 2.04. The molecule has 0 bridgehead atoms. The molecule has 4 nitrogen and oxygen atoms in total. The van der Waals surface area contributed by atoms with Crippen LogP contribution in [0.3, 0.4) is 0 Å². The number of nitrogens with two attached hydrogens (primary N) is 1. The molecule has 0 unspecified atom stereocenters. The molecule has 5 heteroatoms. The molecule has 0 radical (unpaired) electrons. The van der Waals surface area contributed by atoms with Crippen molar-refractivity contribution in [2.75, 3.05) is 5.73 Å². The van der Waals surface area contributed by atoms with Crippen LogP contribution in [-0.4, -0.2) is 14.5 Å². The normalized spacial score (nSPS) is 10.9.